The van der Waals surface area contributed by atoms with Gasteiger partial charge in [0.05, 0.1) is 0 Å². The summed E-state index contributed by atoms with van der Waals surface area (Å²) in [6, 6.07) is 14.1. The summed E-state index contributed by atoms with van der Waals surface area (Å²) >= 11 is 0. The van der Waals surface area contributed by atoms with E-state index in [9.17, 15) is 14.0 Å². The first-order valence-corrected chi connectivity index (χ1v) is 9.67. The summed E-state index contributed by atoms with van der Waals surface area (Å²) in [6.07, 6.45) is 4.78. The molecular weight excluding hydrogens is 413 g/mol. The Bertz CT molecular complexity index is 1320. The van der Waals surface area contributed by atoms with Gasteiger partial charge in [-0.25, -0.2) is 14.1 Å². The third-order valence-electron chi connectivity index (χ3n) is 4.55. The average molecular weight is 431 g/mol. The zero-order valence-electron chi connectivity index (χ0n) is 17.0. The fourth-order valence-electron chi connectivity index (χ4n) is 2.98. The highest BCUT2D eigenvalue weighted by Gasteiger charge is 2.19. The van der Waals surface area contributed by atoms with Crippen LogP contribution in [0.4, 0.5) is 10.2 Å². The van der Waals surface area contributed by atoms with Crippen LogP contribution in [-0.2, 0) is 6.61 Å². The molecule has 8 nitrogen and oxygen atoms in total. The molecule has 32 heavy (non-hydrogen) atoms. The number of hydrogen-bond donors (Lipinski definition) is 1. The first kappa shape index (κ1) is 20.9. The zero-order chi connectivity index (χ0) is 22.5. The van der Waals surface area contributed by atoms with Gasteiger partial charge in [0.1, 0.15) is 18.1 Å². The number of carbonyl (C=O) groups excluding carboxylic acids is 1. The normalized spacial score (nSPS) is 10.6. The molecule has 0 radical (unpaired) electrons. The highest BCUT2D eigenvalue weighted by atomic mass is 19.1. The van der Waals surface area contributed by atoms with Gasteiger partial charge in [0.15, 0.2) is 17.3 Å². The number of amides is 1. The molecule has 160 valence electrons. The van der Waals surface area contributed by atoms with Crippen LogP contribution in [0.5, 0.6) is 5.75 Å². The fraction of sp³-hybridized carbons (Fsp3) is 0.0870. The van der Waals surface area contributed by atoms with Gasteiger partial charge >= 0.3 is 0 Å². The quantitative estimate of drug-likeness (QED) is 0.503. The van der Waals surface area contributed by atoms with Crippen molar-refractivity contribution in [3.63, 3.8) is 0 Å². The second-order valence-electron chi connectivity index (χ2n) is 6.81. The van der Waals surface area contributed by atoms with Crippen LogP contribution in [0.1, 0.15) is 21.7 Å². The van der Waals surface area contributed by atoms with Crippen LogP contribution in [0.3, 0.4) is 0 Å². The van der Waals surface area contributed by atoms with Crippen molar-refractivity contribution in [1.82, 2.24) is 19.7 Å². The van der Waals surface area contributed by atoms with E-state index >= 15 is 0 Å². The maximum absolute atomic E-state index is 14.2. The van der Waals surface area contributed by atoms with Crippen LogP contribution in [-0.4, -0.2) is 25.7 Å². The summed E-state index contributed by atoms with van der Waals surface area (Å²) in [5.74, 6) is -0.868. The Kier molecular flexibility index (Phi) is 5.98. The molecular formula is C23H18FN5O3. The zero-order valence-corrected chi connectivity index (χ0v) is 17.0. The molecule has 0 bridgehead atoms. The van der Waals surface area contributed by atoms with E-state index in [-0.39, 0.29) is 18.1 Å². The van der Waals surface area contributed by atoms with Gasteiger partial charge in [-0.1, -0.05) is 12.1 Å². The monoisotopic (exact) mass is 431 g/mol. The molecule has 0 atom stereocenters. The summed E-state index contributed by atoms with van der Waals surface area (Å²) in [7, 11) is 0. The lowest BCUT2D eigenvalue weighted by molar-refractivity contribution is 0.101. The molecule has 3 heterocycles. The third kappa shape index (κ3) is 4.51. The maximum atomic E-state index is 14.2. The standard InChI is InChI=1S/C23H18FN5O3/c1-15-13-19(30)21(28-29(15)18-6-3-2-5-17(18)24)23(31)27-22-20(7-4-10-26-22)32-14-16-8-11-25-12-9-16/h2-13H,14H2,1H3,(H,26,27,31). The van der Waals surface area contributed by atoms with Crippen molar-refractivity contribution in [1.29, 1.82) is 0 Å². The molecule has 0 unspecified atom stereocenters. The molecule has 4 aromatic rings. The minimum Gasteiger partial charge on any atom is -0.485 e. The number of benzene rings is 1. The molecule has 0 aliphatic heterocycles. The number of aromatic nitrogens is 4. The van der Waals surface area contributed by atoms with Gasteiger partial charge in [0, 0.05) is 30.4 Å². The third-order valence-corrected chi connectivity index (χ3v) is 4.55. The van der Waals surface area contributed by atoms with Crippen LogP contribution in [0.2, 0.25) is 0 Å². The molecule has 1 N–H and O–H groups in total. The Hall–Kier alpha value is -4.40. The van der Waals surface area contributed by atoms with Gasteiger partial charge in [-0.15, -0.1) is 0 Å². The van der Waals surface area contributed by atoms with Crippen molar-refractivity contribution >= 4 is 11.7 Å². The number of aryl methyl sites for hydroxylation is 1. The van der Waals surface area contributed by atoms with Gasteiger partial charge in [0.2, 0.25) is 5.43 Å². The molecule has 9 heteroatoms. The average Bonchev–Trinajstić information content (AvgIpc) is 2.80. The number of nitrogens with zero attached hydrogens (tertiary/aromatic N) is 4. The lowest BCUT2D eigenvalue weighted by Gasteiger charge is -2.13. The SMILES string of the molecule is Cc1cc(=O)c(C(=O)Nc2ncccc2OCc2ccncc2)nn1-c1ccccc1F. The topological polar surface area (TPSA) is 99.0 Å². The van der Waals surface area contributed by atoms with E-state index in [1.54, 1.807) is 55.7 Å². The Morgan fingerprint density at radius 2 is 1.88 bits per heavy atom. The van der Waals surface area contributed by atoms with E-state index in [1.165, 1.54) is 29.1 Å². The number of hydrogen-bond acceptors (Lipinski definition) is 6. The summed E-state index contributed by atoms with van der Waals surface area (Å²) < 4.78 is 21.2. The number of nitrogens with one attached hydrogen (secondary N) is 1. The van der Waals surface area contributed by atoms with Crippen LogP contribution >= 0.6 is 0 Å². The van der Waals surface area contributed by atoms with Crippen molar-refractivity contribution < 1.29 is 13.9 Å². The summed E-state index contributed by atoms with van der Waals surface area (Å²) in [6.45, 7) is 1.84. The lowest BCUT2D eigenvalue weighted by atomic mass is 10.2. The molecule has 0 saturated heterocycles. The van der Waals surface area contributed by atoms with Gasteiger partial charge in [-0.3, -0.25) is 14.6 Å². The molecule has 1 aromatic carbocycles. The Morgan fingerprint density at radius 3 is 2.66 bits per heavy atom. The summed E-state index contributed by atoms with van der Waals surface area (Å²) in [5, 5.41) is 6.66. The predicted molar refractivity (Wildman–Crippen MR) is 115 cm³/mol. The van der Waals surface area contributed by atoms with Crippen LogP contribution in [0.15, 0.2) is 78.0 Å². The largest absolute Gasteiger partial charge is 0.485 e. The Labute approximate surface area is 182 Å². The minimum atomic E-state index is -0.785. The van der Waals surface area contributed by atoms with E-state index in [4.69, 9.17) is 4.74 Å². The van der Waals surface area contributed by atoms with Gasteiger partial charge in [-0.05, 0) is 48.9 Å². The van der Waals surface area contributed by atoms with E-state index in [1.807, 2.05) is 0 Å². The number of para-hydroxylation sites is 1. The smallest absolute Gasteiger partial charge is 0.281 e. The molecule has 0 aliphatic rings. The maximum Gasteiger partial charge on any atom is 0.281 e. The van der Waals surface area contributed by atoms with E-state index in [0.29, 0.717) is 11.4 Å². The van der Waals surface area contributed by atoms with E-state index in [0.717, 1.165) is 5.56 Å². The van der Waals surface area contributed by atoms with Crippen molar-refractivity contribution in [2.75, 3.05) is 5.32 Å². The molecule has 4 rings (SSSR count). The summed E-state index contributed by atoms with van der Waals surface area (Å²) in [4.78, 5) is 33.4. The van der Waals surface area contributed by atoms with Crippen LogP contribution in [0, 0.1) is 12.7 Å². The van der Waals surface area contributed by atoms with Gasteiger partial charge in [-0.2, -0.15) is 5.10 Å². The first-order valence-electron chi connectivity index (χ1n) is 9.67. The summed E-state index contributed by atoms with van der Waals surface area (Å²) in [5.41, 5.74) is 0.399. The van der Waals surface area contributed by atoms with E-state index in [2.05, 4.69) is 20.4 Å². The van der Waals surface area contributed by atoms with Crippen molar-refractivity contribution in [3.05, 3.63) is 106 Å². The van der Waals surface area contributed by atoms with Gasteiger partial charge in [0.25, 0.3) is 5.91 Å². The molecule has 0 fully saturated rings. The minimum absolute atomic E-state index is 0.123. The highest BCUT2D eigenvalue weighted by Crippen LogP contribution is 2.22. The molecule has 1 amide bonds. The number of rotatable bonds is 6. The number of anilines is 1. The molecule has 0 spiro atoms. The van der Waals surface area contributed by atoms with Crippen molar-refractivity contribution in [2.45, 2.75) is 13.5 Å². The van der Waals surface area contributed by atoms with Crippen LogP contribution in [0.25, 0.3) is 5.69 Å². The number of halogens is 1. The predicted octanol–water partition coefficient (Wildman–Crippen LogP) is 3.30. The Balaban J connectivity index is 1.61. The lowest BCUT2D eigenvalue weighted by Crippen LogP contribution is -2.27. The van der Waals surface area contributed by atoms with Gasteiger partial charge < -0.3 is 10.1 Å². The van der Waals surface area contributed by atoms with Crippen molar-refractivity contribution in [2.24, 2.45) is 0 Å². The second kappa shape index (κ2) is 9.17. The van der Waals surface area contributed by atoms with Crippen molar-refractivity contribution in [3.8, 4) is 11.4 Å². The Morgan fingerprint density at radius 1 is 1.09 bits per heavy atom. The van der Waals surface area contributed by atoms with E-state index < -0.39 is 22.8 Å². The van der Waals surface area contributed by atoms with Crippen LogP contribution < -0.4 is 15.5 Å². The molecule has 0 aliphatic carbocycles. The highest BCUT2D eigenvalue weighted by molar-refractivity contribution is 6.02. The number of carbonyl (C=O) groups is 1. The second-order valence-corrected chi connectivity index (χ2v) is 6.81. The molecule has 3 aromatic heterocycles. The fourth-order valence-corrected chi connectivity index (χ4v) is 2.98. The number of pyridine rings is 2. The number of ether oxygens (including phenoxy) is 1. The first-order chi connectivity index (χ1) is 15.5. The molecule has 0 saturated carbocycles.